The topological polar surface area (TPSA) is 25.2 Å². The average molecular weight is 177 g/mol. The SMILES string of the molecule is CNCc1ccc(C2=CCCC2)o1. The van der Waals surface area contributed by atoms with Crippen molar-refractivity contribution < 1.29 is 4.42 Å². The van der Waals surface area contributed by atoms with Crippen LogP contribution in [-0.2, 0) is 6.54 Å². The molecule has 2 rings (SSSR count). The molecule has 2 nitrogen and oxygen atoms in total. The lowest BCUT2D eigenvalue weighted by molar-refractivity contribution is 0.484. The molecule has 1 aromatic heterocycles. The summed E-state index contributed by atoms with van der Waals surface area (Å²) in [5.41, 5.74) is 1.38. The van der Waals surface area contributed by atoms with Gasteiger partial charge in [0.15, 0.2) is 0 Å². The van der Waals surface area contributed by atoms with E-state index in [1.807, 2.05) is 13.1 Å². The van der Waals surface area contributed by atoms with Crippen LogP contribution in [0.5, 0.6) is 0 Å². The molecule has 2 heteroatoms. The summed E-state index contributed by atoms with van der Waals surface area (Å²) >= 11 is 0. The first-order valence-corrected chi connectivity index (χ1v) is 4.83. The molecule has 0 saturated carbocycles. The van der Waals surface area contributed by atoms with Gasteiger partial charge in [-0.15, -0.1) is 0 Å². The molecule has 1 aromatic rings. The number of furan rings is 1. The van der Waals surface area contributed by atoms with E-state index in [1.165, 1.54) is 24.8 Å². The molecule has 0 amide bonds. The predicted octanol–water partition coefficient (Wildman–Crippen LogP) is 2.57. The van der Waals surface area contributed by atoms with Crippen LogP contribution in [0.4, 0.5) is 0 Å². The maximum Gasteiger partial charge on any atom is 0.129 e. The molecule has 0 aliphatic heterocycles. The Bertz CT molecular complexity index is 312. The van der Waals surface area contributed by atoms with Crippen molar-refractivity contribution in [3.63, 3.8) is 0 Å². The second-order valence-corrected chi connectivity index (χ2v) is 3.42. The van der Waals surface area contributed by atoms with Crippen molar-refractivity contribution >= 4 is 5.57 Å². The second-order valence-electron chi connectivity index (χ2n) is 3.42. The van der Waals surface area contributed by atoms with Gasteiger partial charge in [-0.3, -0.25) is 0 Å². The van der Waals surface area contributed by atoms with Crippen molar-refractivity contribution in [1.82, 2.24) is 5.32 Å². The van der Waals surface area contributed by atoms with Gasteiger partial charge in [-0.25, -0.2) is 0 Å². The fourth-order valence-electron chi connectivity index (χ4n) is 1.71. The maximum absolute atomic E-state index is 5.68. The Hall–Kier alpha value is -1.02. The van der Waals surface area contributed by atoms with Gasteiger partial charge in [0, 0.05) is 0 Å². The fourth-order valence-corrected chi connectivity index (χ4v) is 1.71. The summed E-state index contributed by atoms with van der Waals surface area (Å²) in [6, 6.07) is 4.12. The third kappa shape index (κ3) is 1.83. The first-order chi connectivity index (χ1) is 6.40. The first kappa shape index (κ1) is 8.57. The van der Waals surface area contributed by atoms with Gasteiger partial charge in [0.2, 0.25) is 0 Å². The van der Waals surface area contributed by atoms with Crippen molar-refractivity contribution in [1.29, 1.82) is 0 Å². The smallest absolute Gasteiger partial charge is 0.129 e. The summed E-state index contributed by atoms with van der Waals surface area (Å²) in [7, 11) is 1.93. The maximum atomic E-state index is 5.68. The van der Waals surface area contributed by atoms with Crippen LogP contribution in [-0.4, -0.2) is 7.05 Å². The molecule has 0 bridgehead atoms. The fraction of sp³-hybridized carbons (Fsp3) is 0.455. The van der Waals surface area contributed by atoms with Crippen LogP contribution in [0.25, 0.3) is 5.57 Å². The molecule has 0 unspecified atom stereocenters. The second kappa shape index (κ2) is 3.79. The molecule has 70 valence electrons. The highest BCUT2D eigenvalue weighted by molar-refractivity contribution is 5.63. The summed E-state index contributed by atoms with van der Waals surface area (Å²) < 4.78 is 5.68. The van der Waals surface area contributed by atoms with Crippen LogP contribution in [0.15, 0.2) is 22.6 Å². The van der Waals surface area contributed by atoms with E-state index < -0.39 is 0 Å². The van der Waals surface area contributed by atoms with Crippen LogP contribution in [0.1, 0.15) is 30.8 Å². The Morgan fingerprint density at radius 3 is 3.08 bits per heavy atom. The van der Waals surface area contributed by atoms with Crippen LogP contribution >= 0.6 is 0 Å². The monoisotopic (exact) mass is 177 g/mol. The molecule has 0 fully saturated rings. The predicted molar refractivity (Wildman–Crippen MR) is 53.3 cm³/mol. The van der Waals surface area contributed by atoms with Gasteiger partial charge in [0.05, 0.1) is 6.54 Å². The van der Waals surface area contributed by atoms with Crippen LogP contribution in [0.2, 0.25) is 0 Å². The van der Waals surface area contributed by atoms with Gasteiger partial charge in [0.1, 0.15) is 11.5 Å². The van der Waals surface area contributed by atoms with Crippen molar-refractivity contribution in [2.24, 2.45) is 0 Å². The quantitative estimate of drug-likeness (QED) is 0.767. The van der Waals surface area contributed by atoms with E-state index in [9.17, 15) is 0 Å². The van der Waals surface area contributed by atoms with Gasteiger partial charge in [0.25, 0.3) is 0 Å². The first-order valence-electron chi connectivity index (χ1n) is 4.83. The molecule has 1 aliphatic rings. The van der Waals surface area contributed by atoms with E-state index in [2.05, 4.69) is 17.5 Å². The number of hydrogen-bond donors (Lipinski definition) is 1. The van der Waals surface area contributed by atoms with Crippen molar-refractivity contribution in [2.45, 2.75) is 25.8 Å². The zero-order chi connectivity index (χ0) is 9.10. The van der Waals surface area contributed by atoms with E-state index >= 15 is 0 Å². The summed E-state index contributed by atoms with van der Waals surface area (Å²) in [4.78, 5) is 0. The zero-order valence-corrected chi connectivity index (χ0v) is 7.97. The van der Waals surface area contributed by atoms with Gasteiger partial charge in [-0.2, -0.15) is 0 Å². The van der Waals surface area contributed by atoms with Gasteiger partial charge in [-0.05, 0) is 44.0 Å². The third-order valence-electron chi connectivity index (χ3n) is 2.37. The van der Waals surface area contributed by atoms with Gasteiger partial charge < -0.3 is 9.73 Å². The molecule has 13 heavy (non-hydrogen) atoms. The molecular weight excluding hydrogens is 162 g/mol. The molecule has 0 saturated heterocycles. The molecule has 1 aliphatic carbocycles. The molecule has 1 N–H and O–H groups in total. The van der Waals surface area contributed by atoms with E-state index in [-0.39, 0.29) is 0 Å². The molecule has 0 radical (unpaired) electrons. The standard InChI is InChI=1S/C11H15NO/c1-12-8-10-6-7-11(13-10)9-4-2-3-5-9/h4,6-7,12H,2-3,5,8H2,1H3. The van der Waals surface area contributed by atoms with Crippen molar-refractivity contribution in [3.05, 3.63) is 29.7 Å². The average Bonchev–Trinajstić information content (AvgIpc) is 2.70. The Labute approximate surface area is 78.6 Å². The minimum atomic E-state index is 0.813. The highest BCUT2D eigenvalue weighted by Crippen LogP contribution is 2.28. The number of nitrogens with one attached hydrogen (secondary N) is 1. The highest BCUT2D eigenvalue weighted by Gasteiger charge is 2.10. The van der Waals surface area contributed by atoms with Crippen molar-refractivity contribution in [3.8, 4) is 0 Å². The number of hydrogen-bond acceptors (Lipinski definition) is 2. The minimum Gasteiger partial charge on any atom is -0.460 e. The largest absolute Gasteiger partial charge is 0.460 e. The van der Waals surface area contributed by atoms with E-state index in [0.717, 1.165) is 18.1 Å². The summed E-state index contributed by atoms with van der Waals surface area (Å²) in [5, 5.41) is 3.07. The number of allylic oxidation sites excluding steroid dienone is 2. The molecule has 1 heterocycles. The van der Waals surface area contributed by atoms with Gasteiger partial charge >= 0.3 is 0 Å². The third-order valence-corrected chi connectivity index (χ3v) is 2.37. The summed E-state index contributed by atoms with van der Waals surface area (Å²) in [6.07, 6.45) is 5.93. The Morgan fingerprint density at radius 2 is 2.38 bits per heavy atom. The summed E-state index contributed by atoms with van der Waals surface area (Å²) in [6.45, 7) is 0.813. The number of rotatable bonds is 3. The van der Waals surface area contributed by atoms with Crippen LogP contribution < -0.4 is 5.32 Å². The summed E-state index contributed by atoms with van der Waals surface area (Å²) in [5.74, 6) is 2.08. The van der Waals surface area contributed by atoms with Crippen molar-refractivity contribution in [2.75, 3.05) is 7.05 Å². The Kier molecular flexibility index (Phi) is 2.50. The minimum absolute atomic E-state index is 0.813. The molecule has 0 spiro atoms. The van der Waals surface area contributed by atoms with Crippen LogP contribution in [0, 0.1) is 0 Å². The van der Waals surface area contributed by atoms with Gasteiger partial charge in [-0.1, -0.05) is 6.08 Å². The Morgan fingerprint density at radius 1 is 1.46 bits per heavy atom. The Balaban J connectivity index is 2.12. The lowest BCUT2D eigenvalue weighted by Gasteiger charge is -1.96. The molecule has 0 atom stereocenters. The molecular formula is C11H15NO. The molecule has 0 aromatic carbocycles. The van der Waals surface area contributed by atoms with E-state index in [4.69, 9.17) is 4.42 Å². The highest BCUT2D eigenvalue weighted by atomic mass is 16.3. The lowest BCUT2D eigenvalue weighted by Crippen LogP contribution is -2.03. The normalized spacial score (nSPS) is 16.2. The van der Waals surface area contributed by atoms with E-state index in [1.54, 1.807) is 0 Å². The zero-order valence-electron chi connectivity index (χ0n) is 7.97. The van der Waals surface area contributed by atoms with Crippen LogP contribution in [0.3, 0.4) is 0 Å². The lowest BCUT2D eigenvalue weighted by atomic mass is 10.2. The van der Waals surface area contributed by atoms with E-state index in [0.29, 0.717) is 0 Å².